The minimum Gasteiger partial charge on any atom is -0.296 e. The molecule has 0 bridgehead atoms. The number of hydrogen-bond donors (Lipinski definition) is 0. The molecule has 0 aromatic heterocycles. The molecule has 1 nitrogen and oxygen atoms in total. The molecule has 2 rings (SSSR count). The van der Waals surface area contributed by atoms with E-state index in [-0.39, 0.29) is 0 Å². The SMILES string of the molecule is CCCC1C2C(C)[N+]12CCC. The zero-order chi connectivity index (χ0) is 8.06. The molecule has 0 amide bonds. The van der Waals surface area contributed by atoms with Gasteiger partial charge in [-0.15, -0.1) is 0 Å². The number of hydrogen-bond acceptors (Lipinski definition) is 0. The van der Waals surface area contributed by atoms with E-state index < -0.39 is 0 Å². The molecule has 0 N–H and O–H groups in total. The molecule has 11 heavy (non-hydrogen) atoms. The van der Waals surface area contributed by atoms with Gasteiger partial charge in [0.15, 0.2) is 6.04 Å². The Morgan fingerprint density at radius 2 is 1.91 bits per heavy atom. The van der Waals surface area contributed by atoms with Gasteiger partial charge in [-0.25, -0.2) is 0 Å². The molecular weight excluding hydrogens is 134 g/mol. The summed E-state index contributed by atoms with van der Waals surface area (Å²) in [5.74, 6) is 0. The fraction of sp³-hybridized carbons (Fsp3) is 1.00. The molecule has 2 aliphatic rings. The zero-order valence-corrected chi connectivity index (χ0v) is 8.01. The Bertz CT molecular complexity index is 166. The summed E-state index contributed by atoms with van der Waals surface area (Å²) in [6.07, 6.45) is 4.24. The van der Waals surface area contributed by atoms with Crippen LogP contribution in [-0.2, 0) is 0 Å². The molecule has 0 aromatic carbocycles. The van der Waals surface area contributed by atoms with Crippen molar-refractivity contribution in [3.05, 3.63) is 0 Å². The van der Waals surface area contributed by atoms with Crippen LogP contribution < -0.4 is 0 Å². The first-order valence-corrected chi connectivity index (χ1v) is 5.16. The van der Waals surface area contributed by atoms with Crippen LogP contribution >= 0.6 is 0 Å². The molecule has 0 aromatic rings. The number of nitrogens with zero attached hydrogens (tertiary/aromatic N) is 1. The van der Waals surface area contributed by atoms with Gasteiger partial charge in [0.25, 0.3) is 0 Å². The first kappa shape index (κ1) is 7.60. The van der Waals surface area contributed by atoms with Crippen LogP contribution in [0.25, 0.3) is 0 Å². The molecule has 4 unspecified atom stereocenters. The Morgan fingerprint density at radius 3 is 2.36 bits per heavy atom. The topological polar surface area (TPSA) is 0 Å². The summed E-state index contributed by atoms with van der Waals surface area (Å²) in [7, 11) is 0. The Labute approximate surface area is 70.0 Å². The second-order valence-electron chi connectivity index (χ2n) is 4.31. The summed E-state index contributed by atoms with van der Waals surface area (Å²) in [4.78, 5) is 0. The molecule has 0 spiro atoms. The van der Waals surface area contributed by atoms with E-state index in [1.807, 2.05) is 0 Å². The highest BCUT2D eigenvalue weighted by Gasteiger charge is 2.87. The molecule has 2 heterocycles. The lowest BCUT2D eigenvalue weighted by molar-refractivity contribution is -0.739. The molecular formula is C10H20N+. The van der Waals surface area contributed by atoms with E-state index in [0.717, 1.165) is 18.1 Å². The second kappa shape index (κ2) is 2.22. The van der Waals surface area contributed by atoms with Crippen molar-refractivity contribution in [3.8, 4) is 0 Å². The Morgan fingerprint density at radius 1 is 1.18 bits per heavy atom. The molecule has 64 valence electrons. The average Bonchev–Trinajstić information content (AvgIpc) is 2.79. The highest BCUT2D eigenvalue weighted by Crippen LogP contribution is 2.63. The van der Waals surface area contributed by atoms with Gasteiger partial charge in [0, 0.05) is 6.42 Å². The van der Waals surface area contributed by atoms with Gasteiger partial charge in [0.2, 0.25) is 0 Å². The van der Waals surface area contributed by atoms with E-state index >= 15 is 0 Å². The van der Waals surface area contributed by atoms with E-state index in [1.54, 1.807) is 0 Å². The Hall–Kier alpha value is -0.0400. The van der Waals surface area contributed by atoms with Crippen LogP contribution in [0.5, 0.6) is 0 Å². The van der Waals surface area contributed by atoms with Gasteiger partial charge < -0.3 is 0 Å². The van der Waals surface area contributed by atoms with Crippen molar-refractivity contribution in [1.29, 1.82) is 0 Å². The fourth-order valence-corrected chi connectivity index (χ4v) is 3.25. The third-order valence-electron chi connectivity index (χ3n) is 3.84. The highest BCUT2D eigenvalue weighted by molar-refractivity contribution is 5.08. The quantitative estimate of drug-likeness (QED) is 0.430. The van der Waals surface area contributed by atoms with Crippen molar-refractivity contribution >= 4 is 0 Å². The van der Waals surface area contributed by atoms with Crippen LogP contribution in [0.4, 0.5) is 0 Å². The summed E-state index contributed by atoms with van der Waals surface area (Å²) in [5.41, 5.74) is 0. The average molecular weight is 154 g/mol. The van der Waals surface area contributed by atoms with E-state index in [2.05, 4.69) is 20.8 Å². The first-order valence-electron chi connectivity index (χ1n) is 5.16. The van der Waals surface area contributed by atoms with Crippen molar-refractivity contribution in [2.45, 2.75) is 58.2 Å². The zero-order valence-electron chi connectivity index (χ0n) is 8.01. The Kier molecular flexibility index (Phi) is 1.54. The van der Waals surface area contributed by atoms with E-state index in [1.165, 1.54) is 30.3 Å². The summed E-state index contributed by atoms with van der Waals surface area (Å²) in [6.45, 7) is 8.51. The minimum absolute atomic E-state index is 1.03. The maximum absolute atomic E-state index is 2.42. The van der Waals surface area contributed by atoms with Crippen molar-refractivity contribution in [2.75, 3.05) is 6.54 Å². The van der Waals surface area contributed by atoms with E-state index in [0.29, 0.717) is 0 Å². The van der Waals surface area contributed by atoms with E-state index in [4.69, 9.17) is 0 Å². The van der Waals surface area contributed by atoms with Crippen molar-refractivity contribution in [1.82, 2.24) is 0 Å². The molecule has 0 radical (unpaired) electrons. The highest BCUT2D eigenvalue weighted by atomic mass is 15.7. The standard InChI is InChI=1S/C10H20N/c1-4-6-9-10-8(3)11(9,10)7-5-2/h8-10H,4-7H2,1-3H3/q+1. The minimum atomic E-state index is 1.03. The van der Waals surface area contributed by atoms with Gasteiger partial charge in [-0.2, -0.15) is 0 Å². The Balaban J connectivity index is 1.86. The van der Waals surface area contributed by atoms with E-state index in [9.17, 15) is 0 Å². The molecule has 2 saturated heterocycles. The smallest absolute Gasteiger partial charge is 0.194 e. The molecule has 2 aliphatic heterocycles. The van der Waals surface area contributed by atoms with Crippen LogP contribution in [0.15, 0.2) is 0 Å². The predicted octanol–water partition coefficient (Wildman–Crippen LogP) is 2.17. The van der Waals surface area contributed by atoms with Crippen LogP contribution in [0.3, 0.4) is 0 Å². The summed E-state index contributed by atoms with van der Waals surface area (Å²) in [6, 6.07) is 3.23. The summed E-state index contributed by atoms with van der Waals surface area (Å²) >= 11 is 0. The molecule has 0 saturated carbocycles. The van der Waals surface area contributed by atoms with Crippen molar-refractivity contribution in [3.63, 3.8) is 0 Å². The lowest BCUT2D eigenvalue weighted by atomic mass is 10.1. The van der Waals surface area contributed by atoms with Gasteiger partial charge in [-0.05, 0) is 13.3 Å². The normalized spacial score (nSPS) is 52.1. The number of quaternary nitrogens is 1. The summed E-state index contributed by atoms with van der Waals surface area (Å²) < 4.78 is 1.52. The third kappa shape index (κ3) is 0.752. The van der Waals surface area contributed by atoms with Gasteiger partial charge in [-0.3, -0.25) is 4.48 Å². The maximum atomic E-state index is 2.42. The van der Waals surface area contributed by atoms with Gasteiger partial charge >= 0.3 is 0 Å². The predicted molar refractivity (Wildman–Crippen MR) is 47.4 cm³/mol. The van der Waals surface area contributed by atoms with Crippen LogP contribution in [0, 0.1) is 0 Å². The number of rotatable bonds is 4. The molecule has 4 atom stereocenters. The lowest BCUT2D eigenvalue weighted by Gasteiger charge is -2.13. The monoisotopic (exact) mass is 154 g/mol. The van der Waals surface area contributed by atoms with Crippen LogP contribution in [0.1, 0.15) is 40.0 Å². The largest absolute Gasteiger partial charge is 0.296 e. The lowest BCUT2D eigenvalue weighted by Crippen LogP contribution is -2.28. The molecule has 2 fully saturated rings. The van der Waals surface area contributed by atoms with Crippen LogP contribution in [-0.4, -0.2) is 29.2 Å². The van der Waals surface area contributed by atoms with Gasteiger partial charge in [-0.1, -0.05) is 20.3 Å². The van der Waals surface area contributed by atoms with Gasteiger partial charge in [0.05, 0.1) is 6.54 Å². The third-order valence-corrected chi connectivity index (χ3v) is 3.84. The number of fused-ring (bicyclic) bond motifs is 1. The molecule has 0 aliphatic carbocycles. The fourth-order valence-electron chi connectivity index (χ4n) is 3.25. The maximum Gasteiger partial charge on any atom is 0.194 e. The van der Waals surface area contributed by atoms with Crippen molar-refractivity contribution in [2.24, 2.45) is 0 Å². The summed E-state index contributed by atoms with van der Waals surface area (Å²) in [5, 5.41) is 0. The van der Waals surface area contributed by atoms with Crippen molar-refractivity contribution < 1.29 is 4.48 Å². The van der Waals surface area contributed by atoms with Gasteiger partial charge in [0.1, 0.15) is 12.1 Å². The molecule has 1 heteroatoms. The van der Waals surface area contributed by atoms with Crippen LogP contribution in [0.2, 0.25) is 0 Å². The second-order valence-corrected chi connectivity index (χ2v) is 4.31. The first-order chi connectivity index (χ1) is 5.29.